The molecule has 1 rings (SSSR count). The minimum absolute atomic E-state index is 0.0270. The van der Waals surface area contributed by atoms with Gasteiger partial charge in [0, 0.05) is 13.1 Å². The van der Waals surface area contributed by atoms with Crippen molar-refractivity contribution in [3.05, 3.63) is 28.8 Å². The van der Waals surface area contributed by atoms with Crippen LogP contribution in [0.2, 0.25) is 5.15 Å². The van der Waals surface area contributed by atoms with E-state index in [2.05, 4.69) is 4.98 Å². The Morgan fingerprint density at radius 1 is 1.47 bits per heavy atom. The van der Waals surface area contributed by atoms with Crippen LogP contribution in [0.25, 0.3) is 0 Å². The largest absolute Gasteiger partial charge is 0.339 e. The molecule has 1 atom stereocenters. The number of carbonyl (C=O) groups is 1. The van der Waals surface area contributed by atoms with Crippen LogP contribution >= 0.6 is 11.6 Å². The van der Waals surface area contributed by atoms with Gasteiger partial charge in [0.1, 0.15) is 11.0 Å². The highest BCUT2D eigenvalue weighted by atomic mass is 35.5. The second-order valence-corrected chi connectivity index (χ2v) is 4.75. The molecule has 1 aromatic heterocycles. The van der Waals surface area contributed by atoms with E-state index in [1.54, 1.807) is 11.9 Å². The average molecular weight is 259 g/mol. The molecule has 17 heavy (non-hydrogen) atoms. The zero-order valence-electron chi connectivity index (χ0n) is 10.4. The zero-order chi connectivity index (χ0) is 13.2. The molecule has 0 fully saturated rings. The Bertz CT molecular complexity index is 423. The third kappa shape index (κ3) is 3.16. The van der Waals surface area contributed by atoms with Gasteiger partial charge in [-0.15, -0.1) is 0 Å². The predicted molar refractivity (Wildman–Crippen MR) is 65.6 cm³/mol. The van der Waals surface area contributed by atoms with Gasteiger partial charge in [-0.25, -0.2) is 9.37 Å². The first-order chi connectivity index (χ1) is 7.84. The lowest BCUT2D eigenvalue weighted by atomic mass is 10.0. The highest BCUT2D eigenvalue weighted by Crippen LogP contribution is 2.18. The lowest BCUT2D eigenvalue weighted by molar-refractivity contribution is 0.0706. The second-order valence-electron chi connectivity index (χ2n) is 4.39. The molecular weight excluding hydrogens is 243 g/mol. The summed E-state index contributed by atoms with van der Waals surface area (Å²) in [5, 5.41) is 0.0270. The molecule has 94 valence electrons. The van der Waals surface area contributed by atoms with Gasteiger partial charge >= 0.3 is 0 Å². The highest BCUT2D eigenvalue weighted by Gasteiger charge is 2.22. The topological polar surface area (TPSA) is 33.2 Å². The Balaban J connectivity index is 3.00. The minimum atomic E-state index is -0.566. The maximum Gasteiger partial charge on any atom is 0.257 e. The first-order valence-corrected chi connectivity index (χ1v) is 5.80. The molecule has 0 aliphatic heterocycles. The van der Waals surface area contributed by atoms with Crippen molar-refractivity contribution in [3.8, 4) is 0 Å². The molecule has 0 radical (unpaired) electrons. The van der Waals surface area contributed by atoms with Crippen LogP contribution in [0.4, 0.5) is 4.39 Å². The normalized spacial score (nSPS) is 12.6. The summed E-state index contributed by atoms with van der Waals surface area (Å²) in [5.41, 5.74) is 0.0988. The first-order valence-electron chi connectivity index (χ1n) is 5.42. The summed E-state index contributed by atoms with van der Waals surface area (Å²) in [6.07, 6.45) is 0.991. The van der Waals surface area contributed by atoms with Gasteiger partial charge in [-0.2, -0.15) is 0 Å². The fourth-order valence-electron chi connectivity index (χ4n) is 1.39. The third-order valence-corrected chi connectivity index (χ3v) is 3.23. The summed E-state index contributed by atoms with van der Waals surface area (Å²) in [5.74, 6) is -0.573. The van der Waals surface area contributed by atoms with Crippen molar-refractivity contribution >= 4 is 17.5 Å². The number of halogens is 2. The third-order valence-electron chi connectivity index (χ3n) is 2.93. The van der Waals surface area contributed by atoms with Gasteiger partial charge in [0.05, 0.1) is 11.8 Å². The molecule has 1 unspecified atom stereocenters. The Kier molecular flexibility index (Phi) is 4.46. The summed E-state index contributed by atoms with van der Waals surface area (Å²) in [6.45, 7) is 5.96. The molecule has 3 nitrogen and oxygen atoms in total. The fourth-order valence-corrected chi connectivity index (χ4v) is 1.58. The Morgan fingerprint density at radius 2 is 2.06 bits per heavy atom. The van der Waals surface area contributed by atoms with Crippen molar-refractivity contribution in [2.75, 3.05) is 7.05 Å². The summed E-state index contributed by atoms with van der Waals surface area (Å²) in [4.78, 5) is 17.3. The van der Waals surface area contributed by atoms with E-state index in [9.17, 15) is 9.18 Å². The molecule has 0 bridgehead atoms. The van der Waals surface area contributed by atoms with Gasteiger partial charge in [-0.3, -0.25) is 4.79 Å². The van der Waals surface area contributed by atoms with Crippen LogP contribution < -0.4 is 0 Å². The number of hydrogen-bond donors (Lipinski definition) is 0. The molecule has 5 heteroatoms. The molecule has 0 aliphatic carbocycles. The van der Waals surface area contributed by atoms with Gasteiger partial charge < -0.3 is 4.90 Å². The molecule has 0 saturated heterocycles. The standard InChI is InChI=1S/C12H16ClFN2O/c1-7(2)8(3)16(4)12(17)10-5-9(14)6-15-11(10)13/h5-8H,1-4H3. The van der Waals surface area contributed by atoms with Crippen LogP contribution in [0.3, 0.4) is 0 Å². The van der Waals surface area contributed by atoms with Gasteiger partial charge in [0.2, 0.25) is 0 Å². The van der Waals surface area contributed by atoms with E-state index in [1.165, 1.54) is 0 Å². The summed E-state index contributed by atoms with van der Waals surface area (Å²) in [7, 11) is 1.67. The molecule has 0 N–H and O–H groups in total. The van der Waals surface area contributed by atoms with E-state index < -0.39 is 5.82 Å². The van der Waals surface area contributed by atoms with E-state index >= 15 is 0 Å². The van der Waals surface area contributed by atoms with Gasteiger partial charge in [0.15, 0.2) is 0 Å². The summed E-state index contributed by atoms with van der Waals surface area (Å²) in [6, 6.07) is 1.16. The number of carbonyl (C=O) groups excluding carboxylic acids is 1. The Hall–Kier alpha value is -1.16. The summed E-state index contributed by atoms with van der Waals surface area (Å²) < 4.78 is 13.0. The van der Waals surface area contributed by atoms with Gasteiger partial charge in [0.25, 0.3) is 5.91 Å². The first kappa shape index (κ1) is 13.9. The van der Waals surface area contributed by atoms with Crippen LogP contribution in [0, 0.1) is 11.7 Å². The van der Waals surface area contributed by atoms with Crippen LogP contribution in [-0.4, -0.2) is 28.9 Å². The van der Waals surface area contributed by atoms with Crippen LogP contribution in [0.1, 0.15) is 31.1 Å². The van der Waals surface area contributed by atoms with Crippen molar-refractivity contribution in [1.29, 1.82) is 0 Å². The number of aromatic nitrogens is 1. The fraction of sp³-hybridized carbons (Fsp3) is 0.500. The average Bonchev–Trinajstić information content (AvgIpc) is 2.29. The van der Waals surface area contributed by atoms with Crippen molar-refractivity contribution < 1.29 is 9.18 Å². The molecule has 0 aliphatic rings. The van der Waals surface area contributed by atoms with Crippen molar-refractivity contribution in [2.45, 2.75) is 26.8 Å². The van der Waals surface area contributed by atoms with Crippen LogP contribution in [0.5, 0.6) is 0 Å². The Labute approximate surface area is 106 Å². The van der Waals surface area contributed by atoms with E-state index in [0.717, 1.165) is 12.3 Å². The molecule has 0 spiro atoms. The maximum atomic E-state index is 13.0. The quantitative estimate of drug-likeness (QED) is 0.781. The lowest BCUT2D eigenvalue weighted by Crippen LogP contribution is -2.38. The highest BCUT2D eigenvalue weighted by molar-refractivity contribution is 6.32. The van der Waals surface area contributed by atoms with Crippen LogP contribution in [0.15, 0.2) is 12.3 Å². The maximum absolute atomic E-state index is 13.0. The van der Waals surface area contributed by atoms with Gasteiger partial charge in [-0.05, 0) is 18.9 Å². The number of nitrogens with zero attached hydrogens (tertiary/aromatic N) is 2. The molecule has 0 aromatic carbocycles. The molecule has 1 aromatic rings. The molecular formula is C12H16ClFN2O. The number of amides is 1. The van der Waals surface area contributed by atoms with Crippen molar-refractivity contribution in [2.24, 2.45) is 5.92 Å². The van der Waals surface area contributed by atoms with Gasteiger partial charge in [-0.1, -0.05) is 25.4 Å². The van der Waals surface area contributed by atoms with E-state index in [0.29, 0.717) is 5.92 Å². The molecule has 1 amide bonds. The number of hydrogen-bond acceptors (Lipinski definition) is 2. The van der Waals surface area contributed by atoms with E-state index in [4.69, 9.17) is 11.6 Å². The predicted octanol–water partition coefficient (Wildman–Crippen LogP) is 2.99. The van der Waals surface area contributed by atoms with Crippen molar-refractivity contribution in [1.82, 2.24) is 9.88 Å². The zero-order valence-corrected chi connectivity index (χ0v) is 11.1. The molecule has 1 heterocycles. The van der Waals surface area contributed by atoms with E-state index in [-0.39, 0.29) is 22.7 Å². The Morgan fingerprint density at radius 3 is 2.59 bits per heavy atom. The molecule has 0 saturated carbocycles. The number of pyridine rings is 1. The number of rotatable bonds is 3. The minimum Gasteiger partial charge on any atom is -0.339 e. The van der Waals surface area contributed by atoms with E-state index in [1.807, 2.05) is 20.8 Å². The van der Waals surface area contributed by atoms with Crippen LogP contribution in [-0.2, 0) is 0 Å². The van der Waals surface area contributed by atoms with Crippen molar-refractivity contribution in [3.63, 3.8) is 0 Å². The monoisotopic (exact) mass is 258 g/mol. The summed E-state index contributed by atoms with van der Waals surface area (Å²) >= 11 is 5.79. The lowest BCUT2D eigenvalue weighted by Gasteiger charge is -2.28. The second kappa shape index (κ2) is 5.45. The smallest absolute Gasteiger partial charge is 0.257 e. The SMILES string of the molecule is CC(C)C(C)N(C)C(=O)c1cc(F)cnc1Cl.